The van der Waals surface area contributed by atoms with Crippen LogP contribution in [0.25, 0.3) is 10.4 Å². The first-order valence-corrected chi connectivity index (χ1v) is 15.4. The SMILES string of the molecule is [N-]=[N+]=NC1[C@@H](OCCCCCCN(Cc2ccccc2)C(=O)OCc2ccccc2)OC2COC(c3ccccc3)O[C@@H]2[C@@H]1O. The molecule has 3 aromatic rings. The summed E-state index contributed by atoms with van der Waals surface area (Å²) in [6.07, 6.45) is -1.04. The third-order valence-corrected chi connectivity index (χ3v) is 7.87. The lowest BCUT2D eigenvalue weighted by Crippen LogP contribution is -2.61. The first kappa shape index (κ1) is 32.4. The van der Waals surface area contributed by atoms with Crippen molar-refractivity contribution in [2.75, 3.05) is 19.8 Å². The van der Waals surface area contributed by atoms with Gasteiger partial charge in [-0.05, 0) is 29.5 Å². The Morgan fingerprint density at radius 3 is 2.29 bits per heavy atom. The minimum absolute atomic E-state index is 0.206. The van der Waals surface area contributed by atoms with Gasteiger partial charge < -0.3 is 33.7 Å². The zero-order chi connectivity index (χ0) is 31.3. The summed E-state index contributed by atoms with van der Waals surface area (Å²) >= 11 is 0. The number of rotatable bonds is 14. The maximum atomic E-state index is 13.0. The van der Waals surface area contributed by atoms with Crippen molar-refractivity contribution in [3.63, 3.8) is 0 Å². The van der Waals surface area contributed by atoms with Crippen LogP contribution >= 0.6 is 0 Å². The topological polar surface area (TPSA) is 135 Å². The highest BCUT2D eigenvalue weighted by molar-refractivity contribution is 5.67. The van der Waals surface area contributed by atoms with Gasteiger partial charge in [0.15, 0.2) is 12.6 Å². The van der Waals surface area contributed by atoms with E-state index in [1.54, 1.807) is 4.90 Å². The molecule has 0 saturated carbocycles. The van der Waals surface area contributed by atoms with Crippen LogP contribution in [-0.2, 0) is 36.8 Å². The lowest BCUT2D eigenvalue weighted by Gasteiger charge is -2.46. The fraction of sp³-hybridized carbons (Fsp3) is 0.441. The molecule has 0 bridgehead atoms. The molecule has 238 valence electrons. The first-order valence-electron chi connectivity index (χ1n) is 15.4. The van der Waals surface area contributed by atoms with Gasteiger partial charge in [0, 0.05) is 30.2 Å². The fourth-order valence-electron chi connectivity index (χ4n) is 5.48. The molecule has 1 N–H and O–H groups in total. The quantitative estimate of drug-likeness (QED) is 0.0974. The van der Waals surface area contributed by atoms with E-state index >= 15 is 0 Å². The smallest absolute Gasteiger partial charge is 0.410 e. The summed E-state index contributed by atoms with van der Waals surface area (Å²) in [6.45, 7) is 1.82. The molecular formula is C34H40N4O7. The van der Waals surface area contributed by atoms with Crippen molar-refractivity contribution in [2.45, 2.75) is 75.8 Å². The van der Waals surface area contributed by atoms with Crippen LogP contribution in [0.15, 0.2) is 96.1 Å². The summed E-state index contributed by atoms with van der Waals surface area (Å²) in [6, 6.07) is 28.0. The highest BCUT2D eigenvalue weighted by atomic mass is 16.7. The second kappa shape index (κ2) is 16.9. The maximum Gasteiger partial charge on any atom is 0.410 e. The molecule has 2 saturated heterocycles. The number of carbonyl (C=O) groups excluding carboxylic acids is 1. The Balaban J connectivity index is 1.06. The number of hydrogen-bond donors (Lipinski definition) is 1. The number of hydrogen-bond acceptors (Lipinski definition) is 8. The van der Waals surface area contributed by atoms with Crippen LogP contribution in [0.5, 0.6) is 0 Å². The van der Waals surface area contributed by atoms with Crippen molar-refractivity contribution in [3.8, 4) is 0 Å². The van der Waals surface area contributed by atoms with Crippen molar-refractivity contribution in [1.29, 1.82) is 0 Å². The molecule has 45 heavy (non-hydrogen) atoms. The Kier molecular flexibility index (Phi) is 12.2. The van der Waals surface area contributed by atoms with Crippen LogP contribution < -0.4 is 0 Å². The van der Waals surface area contributed by atoms with Crippen molar-refractivity contribution >= 4 is 6.09 Å². The van der Waals surface area contributed by atoms with Gasteiger partial charge in [0.25, 0.3) is 0 Å². The summed E-state index contributed by atoms with van der Waals surface area (Å²) in [5.41, 5.74) is 12.0. The summed E-state index contributed by atoms with van der Waals surface area (Å²) in [5, 5.41) is 14.8. The zero-order valence-corrected chi connectivity index (χ0v) is 25.2. The van der Waals surface area contributed by atoms with Crippen LogP contribution in [0.1, 0.15) is 48.7 Å². The summed E-state index contributed by atoms with van der Waals surface area (Å²) < 4.78 is 29.5. The van der Waals surface area contributed by atoms with Crippen molar-refractivity contribution in [2.24, 2.45) is 5.11 Å². The molecule has 2 heterocycles. The fourth-order valence-corrected chi connectivity index (χ4v) is 5.48. The molecule has 2 fully saturated rings. The largest absolute Gasteiger partial charge is 0.445 e. The predicted molar refractivity (Wildman–Crippen MR) is 166 cm³/mol. The molecule has 3 aromatic carbocycles. The Morgan fingerprint density at radius 2 is 1.58 bits per heavy atom. The van der Waals surface area contributed by atoms with E-state index in [2.05, 4.69) is 10.0 Å². The van der Waals surface area contributed by atoms with Gasteiger partial charge in [0.05, 0.1) is 12.7 Å². The molecule has 2 aliphatic rings. The van der Waals surface area contributed by atoms with E-state index in [-0.39, 0.29) is 19.3 Å². The number of benzene rings is 3. The maximum absolute atomic E-state index is 13.0. The molecule has 0 aromatic heterocycles. The molecule has 0 spiro atoms. The van der Waals surface area contributed by atoms with Crippen LogP contribution in [0.4, 0.5) is 4.79 Å². The third kappa shape index (κ3) is 9.27. The van der Waals surface area contributed by atoms with Gasteiger partial charge in [-0.25, -0.2) is 4.79 Å². The number of ether oxygens (including phenoxy) is 5. The monoisotopic (exact) mass is 616 g/mol. The van der Waals surface area contributed by atoms with E-state index in [1.165, 1.54) is 0 Å². The van der Waals surface area contributed by atoms with Crippen LogP contribution in [0.2, 0.25) is 0 Å². The number of aliphatic hydroxyl groups is 1. The number of azide groups is 1. The van der Waals surface area contributed by atoms with Gasteiger partial charge in [0.1, 0.15) is 24.9 Å². The highest BCUT2D eigenvalue weighted by Crippen LogP contribution is 2.35. The Labute approximate surface area is 263 Å². The normalized spacial score (nSPS) is 24.2. The first-order chi connectivity index (χ1) is 22.1. The summed E-state index contributed by atoms with van der Waals surface area (Å²) in [7, 11) is 0. The average molecular weight is 617 g/mol. The van der Waals surface area contributed by atoms with Gasteiger partial charge in [-0.15, -0.1) is 0 Å². The number of nitrogens with zero attached hydrogens (tertiary/aromatic N) is 4. The van der Waals surface area contributed by atoms with E-state index in [0.717, 1.165) is 42.4 Å². The minimum Gasteiger partial charge on any atom is -0.445 e. The van der Waals surface area contributed by atoms with Gasteiger partial charge in [-0.2, -0.15) is 0 Å². The predicted octanol–water partition coefficient (Wildman–Crippen LogP) is 6.28. The molecule has 0 radical (unpaired) electrons. The second-order valence-corrected chi connectivity index (χ2v) is 11.1. The van der Waals surface area contributed by atoms with E-state index in [4.69, 9.17) is 29.2 Å². The van der Waals surface area contributed by atoms with Gasteiger partial charge in [-0.3, -0.25) is 0 Å². The third-order valence-electron chi connectivity index (χ3n) is 7.87. The van der Waals surface area contributed by atoms with Crippen molar-refractivity contribution in [3.05, 3.63) is 118 Å². The Hall–Kier alpha value is -3.96. The van der Waals surface area contributed by atoms with Gasteiger partial charge >= 0.3 is 6.09 Å². The molecular weight excluding hydrogens is 576 g/mol. The average Bonchev–Trinajstić information content (AvgIpc) is 3.09. The summed E-state index contributed by atoms with van der Waals surface area (Å²) in [5.74, 6) is 0. The number of aliphatic hydroxyl groups excluding tert-OH is 1. The second-order valence-electron chi connectivity index (χ2n) is 11.1. The molecule has 3 unspecified atom stereocenters. The lowest BCUT2D eigenvalue weighted by atomic mass is 9.96. The lowest BCUT2D eigenvalue weighted by molar-refractivity contribution is -0.341. The molecule has 6 atom stereocenters. The molecule has 0 aliphatic carbocycles. The molecule has 11 nitrogen and oxygen atoms in total. The van der Waals surface area contributed by atoms with E-state index in [1.807, 2.05) is 91.0 Å². The standard InChI is InChI=1S/C34H40N4O7/c35-37-36-29-30(39)31-28(24-42-32(45-31)27-18-10-5-11-19-27)44-33(29)41-21-13-2-1-12-20-38(22-25-14-6-3-7-15-25)34(40)43-23-26-16-8-4-9-17-26/h3-11,14-19,28-33,39H,1-2,12-13,20-24H2/t28?,29?,30-,31+,32?,33+/m1/s1. The Bertz CT molecular complexity index is 1360. The number of fused-ring (bicyclic) bond motifs is 1. The number of unbranched alkanes of at least 4 members (excludes halogenated alkanes) is 3. The van der Waals surface area contributed by atoms with Gasteiger partial charge in [0.2, 0.25) is 0 Å². The highest BCUT2D eigenvalue weighted by Gasteiger charge is 2.49. The van der Waals surface area contributed by atoms with Gasteiger partial charge in [-0.1, -0.05) is 109 Å². The molecule has 11 heteroatoms. The Morgan fingerprint density at radius 1 is 0.911 bits per heavy atom. The van der Waals surface area contributed by atoms with Crippen LogP contribution in [-0.4, -0.2) is 66.5 Å². The van der Waals surface area contributed by atoms with E-state index < -0.39 is 36.9 Å². The van der Waals surface area contributed by atoms with Crippen LogP contribution in [0, 0.1) is 0 Å². The molecule has 5 rings (SSSR count). The van der Waals surface area contributed by atoms with Crippen molar-refractivity contribution < 1.29 is 33.6 Å². The zero-order valence-electron chi connectivity index (χ0n) is 25.2. The summed E-state index contributed by atoms with van der Waals surface area (Å²) in [4.78, 5) is 17.6. The van der Waals surface area contributed by atoms with E-state index in [0.29, 0.717) is 19.7 Å². The minimum atomic E-state index is -1.11. The van der Waals surface area contributed by atoms with Crippen LogP contribution in [0.3, 0.4) is 0 Å². The van der Waals surface area contributed by atoms with Crippen molar-refractivity contribution in [1.82, 2.24) is 4.90 Å². The van der Waals surface area contributed by atoms with E-state index in [9.17, 15) is 9.90 Å². The number of amides is 1. The molecule has 1 amide bonds. The molecule has 2 aliphatic heterocycles. The number of carbonyl (C=O) groups is 1.